The lowest BCUT2D eigenvalue weighted by Gasteiger charge is -2.26. The molecule has 2 N–H and O–H groups in total. The van der Waals surface area contributed by atoms with Crippen molar-refractivity contribution in [1.82, 2.24) is 10.3 Å². The molecule has 5 nitrogen and oxygen atoms in total. The number of nitrogens with one attached hydrogen (secondary N) is 1. The van der Waals surface area contributed by atoms with Crippen molar-refractivity contribution in [2.45, 2.75) is 25.8 Å². The molecule has 106 valence electrons. The van der Waals surface area contributed by atoms with E-state index in [1.807, 2.05) is 25.1 Å². The molecule has 0 bridgehead atoms. The second-order valence-electron chi connectivity index (χ2n) is 5.01. The van der Waals surface area contributed by atoms with E-state index in [1.165, 1.54) is 0 Å². The van der Waals surface area contributed by atoms with Crippen LogP contribution in [0.15, 0.2) is 36.7 Å². The number of amides is 1. The Morgan fingerprint density at radius 2 is 2.05 bits per heavy atom. The number of carbonyl (C=O) groups is 2. The average molecular weight is 274 g/mol. The first-order valence-corrected chi connectivity index (χ1v) is 6.67. The first-order valence-electron chi connectivity index (χ1n) is 6.67. The van der Waals surface area contributed by atoms with E-state index >= 15 is 0 Å². The summed E-state index contributed by atoms with van der Waals surface area (Å²) >= 11 is 0. The third-order valence-electron chi connectivity index (χ3n) is 3.63. The Kier molecular flexibility index (Phi) is 4.50. The molecule has 0 aromatic carbocycles. The van der Waals surface area contributed by atoms with E-state index in [9.17, 15) is 14.7 Å². The molecule has 1 aliphatic rings. The molecule has 0 aliphatic heterocycles. The lowest BCUT2D eigenvalue weighted by molar-refractivity contribution is -0.147. The van der Waals surface area contributed by atoms with Gasteiger partial charge >= 0.3 is 5.97 Å². The third kappa shape index (κ3) is 3.23. The maximum absolute atomic E-state index is 12.3. The smallest absolute Gasteiger partial charge is 0.307 e. The summed E-state index contributed by atoms with van der Waals surface area (Å²) in [5, 5.41) is 12.1. The summed E-state index contributed by atoms with van der Waals surface area (Å²) in [5.74, 6) is -2.26. The monoisotopic (exact) mass is 274 g/mol. The van der Waals surface area contributed by atoms with Gasteiger partial charge in [0.05, 0.1) is 17.9 Å². The van der Waals surface area contributed by atoms with Crippen LogP contribution in [0.1, 0.15) is 31.4 Å². The number of nitrogens with zero attached hydrogens (tertiary/aromatic N) is 1. The predicted molar refractivity (Wildman–Crippen MR) is 73.8 cm³/mol. The largest absolute Gasteiger partial charge is 0.481 e. The van der Waals surface area contributed by atoms with Crippen molar-refractivity contribution < 1.29 is 14.7 Å². The molecule has 1 aromatic rings. The molecular weight excluding hydrogens is 256 g/mol. The Morgan fingerprint density at radius 1 is 1.35 bits per heavy atom. The van der Waals surface area contributed by atoms with Gasteiger partial charge in [-0.1, -0.05) is 18.2 Å². The van der Waals surface area contributed by atoms with Gasteiger partial charge in [-0.05, 0) is 31.4 Å². The molecule has 0 fully saturated rings. The number of hydrogen-bond donors (Lipinski definition) is 2. The van der Waals surface area contributed by atoms with Gasteiger partial charge in [0.1, 0.15) is 0 Å². The fourth-order valence-electron chi connectivity index (χ4n) is 2.41. The van der Waals surface area contributed by atoms with E-state index in [4.69, 9.17) is 0 Å². The van der Waals surface area contributed by atoms with E-state index in [-0.39, 0.29) is 11.9 Å². The molecule has 0 saturated carbocycles. The zero-order chi connectivity index (χ0) is 14.5. The number of carboxylic acid groups (broad SMARTS) is 1. The number of aromatic nitrogens is 1. The minimum absolute atomic E-state index is 0.184. The van der Waals surface area contributed by atoms with Crippen LogP contribution in [0.2, 0.25) is 0 Å². The van der Waals surface area contributed by atoms with Gasteiger partial charge in [-0.15, -0.1) is 0 Å². The Morgan fingerprint density at radius 3 is 2.65 bits per heavy atom. The summed E-state index contributed by atoms with van der Waals surface area (Å²) in [5.41, 5.74) is 0.902. The minimum Gasteiger partial charge on any atom is -0.481 e. The summed E-state index contributed by atoms with van der Waals surface area (Å²) in [6.07, 6.45) is 7.95. The van der Waals surface area contributed by atoms with Crippen LogP contribution in [0.25, 0.3) is 0 Å². The number of rotatable bonds is 4. The van der Waals surface area contributed by atoms with Crippen molar-refractivity contribution in [3.63, 3.8) is 0 Å². The van der Waals surface area contributed by atoms with E-state index in [1.54, 1.807) is 18.5 Å². The van der Waals surface area contributed by atoms with Gasteiger partial charge in [0.2, 0.25) is 5.91 Å². The molecule has 1 amide bonds. The maximum atomic E-state index is 12.3. The number of carboxylic acids is 1. The highest BCUT2D eigenvalue weighted by atomic mass is 16.4. The fraction of sp³-hybridized carbons (Fsp3) is 0.400. The molecule has 3 atom stereocenters. The number of allylic oxidation sites excluding steroid dienone is 2. The second kappa shape index (κ2) is 6.32. The predicted octanol–water partition coefficient (Wildman–Crippen LogP) is 1.93. The third-order valence-corrected chi connectivity index (χ3v) is 3.63. The second-order valence-corrected chi connectivity index (χ2v) is 5.01. The topological polar surface area (TPSA) is 79.3 Å². The Labute approximate surface area is 117 Å². The maximum Gasteiger partial charge on any atom is 0.307 e. The van der Waals surface area contributed by atoms with Crippen LogP contribution in [0.5, 0.6) is 0 Å². The van der Waals surface area contributed by atoms with E-state index in [0.29, 0.717) is 12.8 Å². The van der Waals surface area contributed by atoms with Gasteiger partial charge in [0, 0.05) is 12.4 Å². The first kappa shape index (κ1) is 14.2. The highest BCUT2D eigenvalue weighted by molar-refractivity contribution is 5.85. The normalized spacial score (nSPS) is 23.1. The Hall–Kier alpha value is -2.17. The molecule has 1 aliphatic carbocycles. The van der Waals surface area contributed by atoms with Gasteiger partial charge in [-0.2, -0.15) is 0 Å². The average Bonchev–Trinajstić information content (AvgIpc) is 2.48. The standard InChI is InChI=1S/C15H18N2O3/c1-10(11-5-4-8-16-9-11)17-14(18)12-6-2-3-7-13(12)15(19)20/h2-5,8-10,12-13H,6-7H2,1H3,(H,17,18)(H,19,20)/t10-,12?,13?/m1/s1. The molecular formula is C15H18N2O3. The zero-order valence-electron chi connectivity index (χ0n) is 11.3. The zero-order valence-corrected chi connectivity index (χ0v) is 11.3. The van der Waals surface area contributed by atoms with Crippen LogP contribution in [-0.2, 0) is 9.59 Å². The van der Waals surface area contributed by atoms with Crippen LogP contribution in [0.3, 0.4) is 0 Å². The summed E-state index contributed by atoms with van der Waals surface area (Å²) < 4.78 is 0. The molecule has 1 aromatic heterocycles. The van der Waals surface area contributed by atoms with Crippen LogP contribution >= 0.6 is 0 Å². The van der Waals surface area contributed by atoms with Gasteiger partial charge < -0.3 is 10.4 Å². The fourth-order valence-corrected chi connectivity index (χ4v) is 2.41. The van der Waals surface area contributed by atoms with Crippen LogP contribution in [-0.4, -0.2) is 22.0 Å². The molecule has 5 heteroatoms. The first-order chi connectivity index (χ1) is 9.59. The summed E-state index contributed by atoms with van der Waals surface area (Å²) in [7, 11) is 0. The Balaban J connectivity index is 2.04. The molecule has 0 spiro atoms. The van der Waals surface area contributed by atoms with E-state index < -0.39 is 17.8 Å². The SMILES string of the molecule is C[C@@H](NC(=O)C1CC=CCC1C(=O)O)c1cccnc1. The number of aliphatic carboxylic acids is 1. The van der Waals surface area contributed by atoms with Crippen molar-refractivity contribution >= 4 is 11.9 Å². The minimum atomic E-state index is -0.913. The highest BCUT2D eigenvalue weighted by Crippen LogP contribution is 2.26. The lowest BCUT2D eigenvalue weighted by atomic mass is 9.82. The molecule has 0 radical (unpaired) electrons. The Bertz CT molecular complexity index is 513. The van der Waals surface area contributed by atoms with Crippen LogP contribution < -0.4 is 5.32 Å². The van der Waals surface area contributed by atoms with Crippen molar-refractivity contribution in [1.29, 1.82) is 0 Å². The van der Waals surface area contributed by atoms with Gasteiger partial charge in [0.15, 0.2) is 0 Å². The van der Waals surface area contributed by atoms with Crippen molar-refractivity contribution in [3.8, 4) is 0 Å². The molecule has 20 heavy (non-hydrogen) atoms. The molecule has 0 saturated heterocycles. The summed E-state index contributed by atoms with van der Waals surface area (Å²) in [4.78, 5) is 27.5. The number of pyridine rings is 1. The number of hydrogen-bond acceptors (Lipinski definition) is 3. The van der Waals surface area contributed by atoms with E-state index in [2.05, 4.69) is 10.3 Å². The van der Waals surface area contributed by atoms with Gasteiger partial charge in [-0.3, -0.25) is 14.6 Å². The van der Waals surface area contributed by atoms with Gasteiger partial charge in [-0.25, -0.2) is 0 Å². The summed E-state index contributed by atoms with van der Waals surface area (Å²) in [6, 6.07) is 3.51. The molecule has 1 heterocycles. The van der Waals surface area contributed by atoms with Crippen LogP contribution in [0.4, 0.5) is 0 Å². The van der Waals surface area contributed by atoms with Crippen molar-refractivity contribution in [3.05, 3.63) is 42.2 Å². The van der Waals surface area contributed by atoms with Crippen molar-refractivity contribution in [2.75, 3.05) is 0 Å². The molecule has 2 rings (SSSR count). The number of carbonyl (C=O) groups excluding carboxylic acids is 1. The highest BCUT2D eigenvalue weighted by Gasteiger charge is 2.34. The van der Waals surface area contributed by atoms with Gasteiger partial charge in [0.25, 0.3) is 0 Å². The van der Waals surface area contributed by atoms with E-state index in [0.717, 1.165) is 5.56 Å². The van der Waals surface area contributed by atoms with Crippen LogP contribution in [0, 0.1) is 11.8 Å². The lowest BCUT2D eigenvalue weighted by Crippen LogP contribution is -2.39. The molecule has 2 unspecified atom stereocenters. The quantitative estimate of drug-likeness (QED) is 0.822. The summed E-state index contributed by atoms with van der Waals surface area (Å²) in [6.45, 7) is 1.86. The van der Waals surface area contributed by atoms with Crippen molar-refractivity contribution in [2.24, 2.45) is 11.8 Å².